The van der Waals surface area contributed by atoms with E-state index in [2.05, 4.69) is 81.1 Å². The van der Waals surface area contributed by atoms with Crippen LogP contribution in [0.2, 0.25) is 0 Å². The quantitative estimate of drug-likeness (QED) is 0.372. The second kappa shape index (κ2) is 11.5. The Kier molecular flexibility index (Phi) is 10.1. The van der Waals surface area contributed by atoms with Gasteiger partial charge in [0.1, 0.15) is 0 Å². The number of hydrogen-bond donors (Lipinski definition) is 1. The number of aliphatic imine (C=N–C) groups is 1. The Morgan fingerprint density at radius 2 is 1.83 bits per heavy atom. The molecule has 0 aromatic carbocycles. The Bertz CT molecular complexity index is 496. The summed E-state index contributed by atoms with van der Waals surface area (Å²) in [6.07, 6.45) is 8.51. The highest BCUT2D eigenvalue weighted by atomic mass is 79.9. The molecule has 1 heterocycles. The van der Waals surface area contributed by atoms with E-state index >= 15 is 0 Å². The van der Waals surface area contributed by atoms with Crippen molar-refractivity contribution >= 4 is 21.9 Å². The largest absolute Gasteiger partial charge is 0.356 e. The predicted molar refractivity (Wildman–Crippen MR) is 108 cm³/mol. The average Bonchev–Trinajstić information content (AvgIpc) is 2.83. The summed E-state index contributed by atoms with van der Waals surface area (Å²) in [5.41, 5.74) is 1.26. The first-order chi connectivity index (χ1) is 11.4. The van der Waals surface area contributed by atoms with Crippen LogP contribution in [0.15, 0.2) is 21.7 Å². The van der Waals surface area contributed by atoms with Crippen molar-refractivity contribution in [3.05, 3.63) is 22.4 Å². The second-order valence-electron chi connectivity index (χ2n) is 6.66. The minimum absolute atomic E-state index is 0.840. The Hall–Kier alpha value is -1.01. The maximum absolute atomic E-state index is 4.39. The van der Waals surface area contributed by atoms with Crippen LogP contribution in [0.5, 0.6) is 0 Å². The van der Waals surface area contributed by atoms with Gasteiger partial charge >= 0.3 is 0 Å². The van der Waals surface area contributed by atoms with Crippen LogP contribution in [0.3, 0.4) is 0 Å². The van der Waals surface area contributed by atoms with Crippen molar-refractivity contribution in [2.24, 2.45) is 12.0 Å². The van der Waals surface area contributed by atoms with Crippen LogP contribution >= 0.6 is 15.9 Å². The molecule has 5 nitrogen and oxygen atoms in total. The third-order valence-electron chi connectivity index (χ3n) is 4.11. The van der Waals surface area contributed by atoms with Crippen molar-refractivity contribution < 1.29 is 0 Å². The van der Waals surface area contributed by atoms with E-state index in [0.29, 0.717) is 0 Å². The topological polar surface area (TPSA) is 35.8 Å². The number of hydrogen-bond acceptors (Lipinski definition) is 2. The zero-order valence-corrected chi connectivity index (χ0v) is 17.6. The molecule has 0 bridgehead atoms. The SMILES string of the molecule is CN=C(NCCCCCCCN(C)C)N(C)Cc1cc(Br)cn1C. The van der Waals surface area contributed by atoms with Crippen molar-refractivity contribution in [3.63, 3.8) is 0 Å². The fourth-order valence-corrected chi connectivity index (χ4v) is 3.28. The van der Waals surface area contributed by atoms with Gasteiger partial charge in [0, 0.05) is 44.1 Å². The summed E-state index contributed by atoms with van der Waals surface area (Å²) < 4.78 is 3.26. The number of rotatable bonds is 10. The highest BCUT2D eigenvalue weighted by molar-refractivity contribution is 9.10. The Morgan fingerprint density at radius 3 is 2.42 bits per heavy atom. The van der Waals surface area contributed by atoms with Crippen LogP contribution in [-0.2, 0) is 13.6 Å². The number of halogens is 1. The molecular weight excluding hydrogens is 366 g/mol. The molecule has 0 radical (unpaired) electrons. The minimum atomic E-state index is 0.840. The van der Waals surface area contributed by atoms with Crippen molar-refractivity contribution in [2.45, 2.75) is 38.6 Å². The van der Waals surface area contributed by atoms with Gasteiger partial charge in [0.15, 0.2) is 5.96 Å². The van der Waals surface area contributed by atoms with Gasteiger partial charge in [0.05, 0.1) is 6.54 Å². The van der Waals surface area contributed by atoms with Crippen LogP contribution in [0.4, 0.5) is 0 Å². The van der Waals surface area contributed by atoms with Crippen LogP contribution in [-0.4, -0.2) is 61.6 Å². The van der Waals surface area contributed by atoms with E-state index in [1.807, 2.05) is 7.05 Å². The molecule has 1 aromatic heterocycles. The van der Waals surface area contributed by atoms with E-state index in [1.165, 1.54) is 44.3 Å². The summed E-state index contributed by atoms with van der Waals surface area (Å²) in [6.45, 7) is 3.03. The molecule has 0 aliphatic heterocycles. The molecule has 6 heteroatoms. The molecule has 1 rings (SSSR count). The van der Waals surface area contributed by atoms with Crippen LogP contribution in [0, 0.1) is 0 Å². The third kappa shape index (κ3) is 8.20. The molecule has 0 saturated heterocycles. The molecule has 1 N–H and O–H groups in total. The van der Waals surface area contributed by atoms with Crippen molar-refractivity contribution in [3.8, 4) is 0 Å². The number of unbranched alkanes of at least 4 members (excludes halogenated alkanes) is 4. The normalized spacial score (nSPS) is 12.0. The highest BCUT2D eigenvalue weighted by Gasteiger charge is 2.09. The lowest BCUT2D eigenvalue weighted by Crippen LogP contribution is -2.39. The first-order valence-corrected chi connectivity index (χ1v) is 9.60. The molecule has 24 heavy (non-hydrogen) atoms. The van der Waals surface area contributed by atoms with E-state index in [9.17, 15) is 0 Å². The molecule has 0 unspecified atom stereocenters. The lowest BCUT2D eigenvalue weighted by atomic mass is 10.1. The van der Waals surface area contributed by atoms with Gasteiger partial charge in [-0.05, 0) is 55.5 Å². The fraction of sp³-hybridized carbons (Fsp3) is 0.722. The maximum atomic E-state index is 4.39. The summed E-state index contributed by atoms with van der Waals surface area (Å²) >= 11 is 3.52. The molecule has 0 atom stereocenters. The van der Waals surface area contributed by atoms with Crippen LogP contribution in [0.25, 0.3) is 0 Å². The molecule has 0 spiro atoms. The zero-order valence-electron chi connectivity index (χ0n) is 16.0. The number of nitrogens with one attached hydrogen (secondary N) is 1. The Balaban J connectivity index is 2.21. The predicted octanol–water partition coefficient (Wildman–Crippen LogP) is 3.31. The average molecular weight is 400 g/mol. The molecule has 0 saturated carbocycles. The van der Waals surface area contributed by atoms with Crippen molar-refractivity contribution in [1.82, 2.24) is 19.7 Å². The highest BCUT2D eigenvalue weighted by Crippen LogP contribution is 2.15. The van der Waals surface area contributed by atoms with E-state index in [4.69, 9.17) is 0 Å². The lowest BCUT2D eigenvalue weighted by molar-refractivity contribution is 0.389. The summed E-state index contributed by atoms with van der Waals surface area (Å²) in [5.74, 6) is 0.958. The summed E-state index contributed by atoms with van der Waals surface area (Å²) in [6, 6.07) is 2.15. The Labute approximate surface area is 156 Å². The molecule has 1 aromatic rings. The first kappa shape index (κ1) is 21.0. The minimum Gasteiger partial charge on any atom is -0.356 e. The van der Waals surface area contributed by atoms with Crippen molar-refractivity contribution in [1.29, 1.82) is 0 Å². The van der Waals surface area contributed by atoms with Gasteiger partial charge in [-0.1, -0.05) is 19.3 Å². The summed E-state index contributed by atoms with van der Waals surface area (Å²) in [5, 5.41) is 3.47. The lowest BCUT2D eigenvalue weighted by Gasteiger charge is -2.22. The molecule has 138 valence electrons. The molecule has 0 amide bonds. The zero-order chi connectivity index (χ0) is 17.9. The monoisotopic (exact) mass is 399 g/mol. The van der Waals surface area contributed by atoms with Gasteiger partial charge in [-0.3, -0.25) is 4.99 Å². The van der Waals surface area contributed by atoms with Gasteiger partial charge < -0.3 is 19.7 Å². The van der Waals surface area contributed by atoms with Gasteiger partial charge in [0.25, 0.3) is 0 Å². The molecule has 0 aliphatic rings. The smallest absolute Gasteiger partial charge is 0.193 e. The number of nitrogens with zero attached hydrogens (tertiary/aromatic N) is 4. The van der Waals surface area contributed by atoms with Gasteiger partial charge in [-0.15, -0.1) is 0 Å². The maximum Gasteiger partial charge on any atom is 0.193 e. The number of guanidine groups is 1. The number of aromatic nitrogens is 1. The van der Waals surface area contributed by atoms with Gasteiger partial charge in [-0.2, -0.15) is 0 Å². The summed E-state index contributed by atoms with van der Waals surface area (Å²) in [4.78, 5) is 8.81. The van der Waals surface area contributed by atoms with Gasteiger partial charge in [0.2, 0.25) is 0 Å². The second-order valence-corrected chi connectivity index (χ2v) is 7.58. The standard InChI is InChI=1S/C18H34BrN5/c1-20-18(21-11-9-7-6-8-10-12-22(2)3)24(5)15-17-13-16(19)14-23(17)4/h13-14H,6-12,15H2,1-5H3,(H,20,21). The molecule has 0 fully saturated rings. The molecular formula is C18H34BrN5. The molecule has 0 aliphatic carbocycles. The number of aryl methyl sites for hydroxylation is 1. The van der Waals surface area contributed by atoms with Crippen molar-refractivity contribution in [2.75, 3.05) is 41.3 Å². The van der Waals surface area contributed by atoms with Gasteiger partial charge in [-0.25, -0.2) is 0 Å². The summed E-state index contributed by atoms with van der Waals surface area (Å²) in [7, 11) is 10.3. The third-order valence-corrected chi connectivity index (χ3v) is 4.55. The Morgan fingerprint density at radius 1 is 1.17 bits per heavy atom. The first-order valence-electron chi connectivity index (χ1n) is 8.81. The van der Waals surface area contributed by atoms with E-state index in [1.54, 1.807) is 0 Å². The van der Waals surface area contributed by atoms with Crippen LogP contribution in [0.1, 0.15) is 37.8 Å². The van der Waals surface area contributed by atoms with E-state index < -0.39 is 0 Å². The fourth-order valence-electron chi connectivity index (χ4n) is 2.71. The van der Waals surface area contributed by atoms with E-state index in [-0.39, 0.29) is 0 Å². The van der Waals surface area contributed by atoms with E-state index in [0.717, 1.165) is 23.5 Å². The van der Waals surface area contributed by atoms with Crippen LogP contribution < -0.4 is 5.32 Å².